The van der Waals surface area contributed by atoms with Gasteiger partial charge in [0.2, 0.25) is 0 Å². The molecule has 0 aromatic carbocycles. The molecule has 10 heavy (non-hydrogen) atoms. The highest BCUT2D eigenvalue weighted by molar-refractivity contribution is 5.71. The zero-order valence-electron chi connectivity index (χ0n) is 5.92. The fourth-order valence-corrected chi connectivity index (χ4v) is 2.55. The molecule has 0 saturated heterocycles. The molecule has 2 heteroatoms. The maximum absolute atomic E-state index is 10.6. The average molecular weight is 140 g/mol. The van der Waals surface area contributed by atoms with E-state index in [2.05, 4.69) is 0 Å². The van der Waals surface area contributed by atoms with Crippen LogP contribution < -0.4 is 0 Å². The highest BCUT2D eigenvalue weighted by Gasteiger charge is 2.42. The number of fused-ring (bicyclic) bond motifs is 2. The summed E-state index contributed by atoms with van der Waals surface area (Å²) in [5.74, 6) is 0.736. The molecule has 2 saturated carbocycles. The van der Waals surface area contributed by atoms with Gasteiger partial charge in [-0.3, -0.25) is 4.79 Å². The van der Waals surface area contributed by atoms with Gasteiger partial charge in [-0.2, -0.15) is 0 Å². The van der Waals surface area contributed by atoms with E-state index in [1.165, 1.54) is 19.3 Å². The molecule has 0 amide bonds. The molecule has 0 spiro atoms. The minimum absolute atomic E-state index is 0.0127. The van der Waals surface area contributed by atoms with Gasteiger partial charge in [-0.25, -0.2) is 0 Å². The van der Waals surface area contributed by atoms with Crippen LogP contribution in [0.3, 0.4) is 0 Å². The van der Waals surface area contributed by atoms with Gasteiger partial charge in [0.25, 0.3) is 0 Å². The second-order valence-electron chi connectivity index (χ2n) is 3.62. The molecule has 0 radical (unpaired) electrons. The molecular formula is C8H12O2. The average Bonchev–Trinajstić information content (AvgIpc) is 2.44. The summed E-state index contributed by atoms with van der Waals surface area (Å²) in [5.41, 5.74) is 0. The molecular weight excluding hydrogens is 128 g/mol. The van der Waals surface area contributed by atoms with Crippen LogP contribution in [0.25, 0.3) is 0 Å². The first-order valence-electron chi connectivity index (χ1n) is 4.00. The van der Waals surface area contributed by atoms with Crippen molar-refractivity contribution >= 4 is 5.97 Å². The van der Waals surface area contributed by atoms with Crippen molar-refractivity contribution in [3.05, 3.63) is 0 Å². The lowest BCUT2D eigenvalue weighted by atomic mass is 9.89. The Morgan fingerprint density at radius 1 is 1.30 bits per heavy atom. The molecule has 1 unspecified atom stereocenters. The van der Waals surface area contributed by atoms with Gasteiger partial charge in [0, 0.05) is 0 Å². The number of hydrogen-bond donors (Lipinski definition) is 1. The van der Waals surface area contributed by atoms with E-state index in [4.69, 9.17) is 5.11 Å². The molecule has 2 rings (SSSR count). The topological polar surface area (TPSA) is 37.3 Å². The van der Waals surface area contributed by atoms with E-state index in [1.54, 1.807) is 0 Å². The highest BCUT2D eigenvalue weighted by Crippen LogP contribution is 2.48. The normalized spacial score (nSPS) is 44.2. The Hall–Kier alpha value is -0.530. The Labute approximate surface area is 60.2 Å². The van der Waals surface area contributed by atoms with Gasteiger partial charge in [-0.1, -0.05) is 6.42 Å². The lowest BCUT2D eigenvalue weighted by molar-refractivity contribution is -0.143. The Morgan fingerprint density at radius 3 is 2.40 bits per heavy atom. The number of carboxylic acids is 1. The van der Waals surface area contributed by atoms with Gasteiger partial charge >= 0.3 is 5.97 Å². The molecule has 2 bridgehead atoms. The zero-order chi connectivity index (χ0) is 7.14. The van der Waals surface area contributed by atoms with Crippen LogP contribution in [0, 0.1) is 17.8 Å². The Balaban J connectivity index is 2.08. The van der Waals surface area contributed by atoms with Crippen molar-refractivity contribution in [2.75, 3.05) is 0 Å². The quantitative estimate of drug-likeness (QED) is 0.599. The largest absolute Gasteiger partial charge is 0.481 e. The second kappa shape index (κ2) is 1.97. The van der Waals surface area contributed by atoms with Crippen molar-refractivity contribution in [3.63, 3.8) is 0 Å². The number of carbonyl (C=O) groups is 1. The van der Waals surface area contributed by atoms with Gasteiger partial charge in [0.15, 0.2) is 0 Å². The molecule has 2 nitrogen and oxygen atoms in total. The first kappa shape index (κ1) is 6.20. The summed E-state index contributed by atoms with van der Waals surface area (Å²) >= 11 is 0. The van der Waals surface area contributed by atoms with Gasteiger partial charge < -0.3 is 5.11 Å². The van der Waals surface area contributed by atoms with Crippen LogP contribution in [0.2, 0.25) is 0 Å². The molecule has 2 fully saturated rings. The predicted molar refractivity (Wildman–Crippen MR) is 36.6 cm³/mol. The van der Waals surface area contributed by atoms with Crippen LogP contribution in [0.1, 0.15) is 25.7 Å². The third kappa shape index (κ3) is 0.746. The van der Waals surface area contributed by atoms with Crippen molar-refractivity contribution in [2.24, 2.45) is 17.8 Å². The summed E-state index contributed by atoms with van der Waals surface area (Å²) < 4.78 is 0. The van der Waals surface area contributed by atoms with Crippen LogP contribution in [-0.4, -0.2) is 11.1 Å². The fraction of sp³-hybridized carbons (Fsp3) is 0.875. The molecule has 56 valence electrons. The SMILES string of the molecule is O=C(O)[C@@H]1CC2CC[C@H]1C2. The summed E-state index contributed by atoms with van der Waals surface area (Å²) in [6, 6.07) is 0. The van der Waals surface area contributed by atoms with E-state index in [9.17, 15) is 4.79 Å². The zero-order valence-corrected chi connectivity index (χ0v) is 5.92. The lowest BCUT2D eigenvalue weighted by Gasteiger charge is -2.16. The van der Waals surface area contributed by atoms with Gasteiger partial charge in [-0.15, -0.1) is 0 Å². The van der Waals surface area contributed by atoms with Crippen LogP contribution in [0.4, 0.5) is 0 Å². The van der Waals surface area contributed by atoms with Crippen molar-refractivity contribution in [3.8, 4) is 0 Å². The Morgan fingerprint density at radius 2 is 2.10 bits per heavy atom. The Kier molecular flexibility index (Phi) is 1.22. The Bertz CT molecular complexity index is 165. The fourth-order valence-electron chi connectivity index (χ4n) is 2.55. The van der Waals surface area contributed by atoms with E-state index in [0.29, 0.717) is 5.92 Å². The minimum atomic E-state index is -0.563. The molecule has 0 aromatic heterocycles. The molecule has 0 heterocycles. The van der Waals surface area contributed by atoms with E-state index < -0.39 is 5.97 Å². The summed E-state index contributed by atoms with van der Waals surface area (Å²) in [5, 5.41) is 8.74. The van der Waals surface area contributed by atoms with E-state index in [0.717, 1.165) is 12.3 Å². The second-order valence-corrected chi connectivity index (χ2v) is 3.62. The summed E-state index contributed by atoms with van der Waals surface area (Å²) in [7, 11) is 0. The molecule has 0 aromatic rings. The predicted octanol–water partition coefficient (Wildman–Crippen LogP) is 1.51. The van der Waals surface area contributed by atoms with Crippen molar-refractivity contribution in [1.29, 1.82) is 0 Å². The van der Waals surface area contributed by atoms with Crippen LogP contribution >= 0.6 is 0 Å². The van der Waals surface area contributed by atoms with Crippen LogP contribution in [-0.2, 0) is 4.79 Å². The van der Waals surface area contributed by atoms with Crippen LogP contribution in [0.5, 0.6) is 0 Å². The molecule has 3 atom stereocenters. The molecule has 2 aliphatic rings. The lowest BCUT2D eigenvalue weighted by Crippen LogP contribution is -2.19. The number of aliphatic carboxylic acids is 1. The van der Waals surface area contributed by atoms with E-state index >= 15 is 0 Å². The molecule has 1 N–H and O–H groups in total. The maximum Gasteiger partial charge on any atom is 0.306 e. The standard InChI is InChI=1S/C8H12O2/c9-8(10)7-4-5-1-2-6(7)3-5/h5-7H,1-4H2,(H,9,10)/t5?,6-,7+/m0/s1. The summed E-state index contributed by atoms with van der Waals surface area (Å²) in [6.45, 7) is 0. The highest BCUT2D eigenvalue weighted by atomic mass is 16.4. The third-order valence-corrected chi connectivity index (χ3v) is 3.06. The van der Waals surface area contributed by atoms with Crippen molar-refractivity contribution in [1.82, 2.24) is 0 Å². The summed E-state index contributed by atoms with van der Waals surface area (Å²) in [6.07, 6.45) is 4.60. The number of hydrogen-bond acceptors (Lipinski definition) is 1. The number of carboxylic acid groups (broad SMARTS) is 1. The monoisotopic (exact) mass is 140 g/mol. The molecule has 0 aliphatic heterocycles. The minimum Gasteiger partial charge on any atom is -0.481 e. The summed E-state index contributed by atoms with van der Waals surface area (Å²) in [4.78, 5) is 10.6. The number of rotatable bonds is 1. The van der Waals surface area contributed by atoms with Crippen molar-refractivity contribution in [2.45, 2.75) is 25.7 Å². The van der Waals surface area contributed by atoms with Gasteiger partial charge in [0.1, 0.15) is 0 Å². The maximum atomic E-state index is 10.6. The smallest absolute Gasteiger partial charge is 0.306 e. The third-order valence-electron chi connectivity index (χ3n) is 3.06. The first-order chi connectivity index (χ1) is 4.77. The van der Waals surface area contributed by atoms with Gasteiger partial charge in [-0.05, 0) is 31.1 Å². The van der Waals surface area contributed by atoms with Crippen LogP contribution in [0.15, 0.2) is 0 Å². The van der Waals surface area contributed by atoms with Gasteiger partial charge in [0.05, 0.1) is 5.92 Å². The van der Waals surface area contributed by atoms with E-state index in [-0.39, 0.29) is 5.92 Å². The molecule has 2 aliphatic carbocycles. The van der Waals surface area contributed by atoms with E-state index in [1.807, 2.05) is 0 Å². The first-order valence-corrected chi connectivity index (χ1v) is 4.00. The van der Waals surface area contributed by atoms with Crippen molar-refractivity contribution < 1.29 is 9.90 Å².